The van der Waals surface area contributed by atoms with Crippen molar-refractivity contribution in [2.24, 2.45) is 15.7 Å². The topological polar surface area (TPSA) is 74.2 Å². The van der Waals surface area contributed by atoms with Crippen LogP contribution in [0.25, 0.3) is 0 Å². The predicted molar refractivity (Wildman–Crippen MR) is 108 cm³/mol. The highest BCUT2D eigenvalue weighted by atomic mass is 79.9. The largest absolute Gasteiger partial charge is 0.508 e. The van der Waals surface area contributed by atoms with E-state index in [1.807, 2.05) is 0 Å². The summed E-state index contributed by atoms with van der Waals surface area (Å²) in [6.45, 7) is 3.25. The normalized spacial score (nSPS) is 26.7. The molecule has 2 atom stereocenters. The van der Waals surface area contributed by atoms with Crippen LogP contribution >= 0.6 is 15.9 Å². The number of halogens is 3. The van der Waals surface area contributed by atoms with Crippen LogP contribution in [0.15, 0.2) is 50.9 Å². The summed E-state index contributed by atoms with van der Waals surface area (Å²) in [5.41, 5.74) is 5.49. The summed E-state index contributed by atoms with van der Waals surface area (Å²) in [6.07, 6.45) is 0. The minimum Gasteiger partial charge on any atom is -0.508 e. The highest BCUT2D eigenvalue weighted by Gasteiger charge is 2.52. The van der Waals surface area contributed by atoms with E-state index in [1.165, 1.54) is 13.0 Å². The Balaban J connectivity index is 2.01. The van der Waals surface area contributed by atoms with Crippen LogP contribution in [-0.2, 0) is 5.54 Å². The molecule has 146 valence electrons. The van der Waals surface area contributed by atoms with Crippen molar-refractivity contribution in [3.05, 3.63) is 63.4 Å². The predicted octanol–water partition coefficient (Wildman–Crippen LogP) is 3.62. The number of benzene rings is 2. The molecule has 0 aromatic heterocycles. The SMILES string of the molecule is Cc1cc(C2(c3ccc(F)c(Br)c3)N=C(N)N3CC(C)(F)CN=C32)ccc1O. The Hall–Kier alpha value is -2.48. The molecule has 0 saturated carbocycles. The molecule has 0 saturated heterocycles. The number of phenolic OH excluding ortho intramolecular Hbond substituents is 1. The van der Waals surface area contributed by atoms with Gasteiger partial charge in [0.1, 0.15) is 23.1 Å². The number of nitrogens with zero attached hydrogens (tertiary/aromatic N) is 3. The quantitative estimate of drug-likeness (QED) is 0.736. The molecule has 0 fully saturated rings. The van der Waals surface area contributed by atoms with Gasteiger partial charge in [0.25, 0.3) is 0 Å². The third-order valence-electron chi connectivity index (χ3n) is 5.14. The van der Waals surface area contributed by atoms with Crippen LogP contribution in [0.1, 0.15) is 23.6 Å². The van der Waals surface area contributed by atoms with Crippen molar-refractivity contribution in [3.8, 4) is 5.75 Å². The first kappa shape index (κ1) is 18.9. The Morgan fingerprint density at radius 3 is 2.57 bits per heavy atom. The number of nitrogens with two attached hydrogens (primary N) is 1. The van der Waals surface area contributed by atoms with Crippen molar-refractivity contribution in [2.75, 3.05) is 13.1 Å². The maximum atomic E-state index is 14.6. The molecular weight excluding hydrogens is 430 g/mol. The fourth-order valence-corrected chi connectivity index (χ4v) is 4.10. The van der Waals surface area contributed by atoms with Gasteiger partial charge in [0.2, 0.25) is 0 Å². The molecule has 4 rings (SSSR count). The Kier molecular flexibility index (Phi) is 4.22. The third kappa shape index (κ3) is 2.78. The molecule has 2 heterocycles. The lowest BCUT2D eigenvalue weighted by Gasteiger charge is -2.37. The number of amidine groups is 1. The Labute approximate surface area is 169 Å². The van der Waals surface area contributed by atoms with E-state index in [-0.39, 0.29) is 29.3 Å². The zero-order valence-electron chi connectivity index (χ0n) is 15.4. The van der Waals surface area contributed by atoms with Gasteiger partial charge in [-0.3, -0.25) is 9.89 Å². The van der Waals surface area contributed by atoms with Crippen molar-refractivity contribution in [1.29, 1.82) is 0 Å². The Morgan fingerprint density at radius 2 is 1.89 bits per heavy atom. The van der Waals surface area contributed by atoms with Gasteiger partial charge in [0, 0.05) is 0 Å². The van der Waals surface area contributed by atoms with Gasteiger partial charge in [0.05, 0.1) is 17.6 Å². The number of aliphatic imine (C=N–C) groups is 2. The zero-order chi connectivity index (χ0) is 20.3. The second-order valence-electron chi connectivity index (χ2n) is 7.45. The molecule has 0 amide bonds. The lowest BCUT2D eigenvalue weighted by Crippen LogP contribution is -2.53. The molecule has 0 spiro atoms. The molecule has 3 N–H and O–H groups in total. The number of hydrogen-bond acceptors (Lipinski definition) is 5. The minimum atomic E-state index is -1.53. The number of aromatic hydroxyl groups is 1. The Bertz CT molecular complexity index is 983. The van der Waals surface area contributed by atoms with Crippen LogP contribution in [0.4, 0.5) is 8.78 Å². The summed E-state index contributed by atoms with van der Waals surface area (Å²) in [5.74, 6) is 0.375. The van der Waals surface area contributed by atoms with E-state index < -0.39 is 17.0 Å². The van der Waals surface area contributed by atoms with E-state index in [0.717, 1.165) is 0 Å². The summed E-state index contributed by atoms with van der Waals surface area (Å²) in [7, 11) is 0. The van der Waals surface area contributed by atoms with Crippen LogP contribution in [0.5, 0.6) is 5.75 Å². The molecule has 2 unspecified atom stereocenters. The van der Waals surface area contributed by atoms with Gasteiger partial charge in [-0.25, -0.2) is 13.8 Å². The highest BCUT2D eigenvalue weighted by molar-refractivity contribution is 9.10. The van der Waals surface area contributed by atoms with Crippen LogP contribution in [0.2, 0.25) is 0 Å². The Morgan fingerprint density at radius 1 is 1.21 bits per heavy atom. The number of aryl methyl sites for hydroxylation is 1. The third-order valence-corrected chi connectivity index (χ3v) is 5.74. The van der Waals surface area contributed by atoms with Gasteiger partial charge in [-0.15, -0.1) is 0 Å². The molecule has 28 heavy (non-hydrogen) atoms. The zero-order valence-corrected chi connectivity index (χ0v) is 17.0. The van der Waals surface area contributed by atoms with Crippen LogP contribution in [-0.4, -0.2) is 40.6 Å². The molecule has 2 aromatic carbocycles. The van der Waals surface area contributed by atoms with Crippen LogP contribution in [0.3, 0.4) is 0 Å². The smallest absolute Gasteiger partial charge is 0.198 e. The number of phenols is 1. The van der Waals surface area contributed by atoms with E-state index in [9.17, 15) is 13.9 Å². The first-order valence-corrected chi connectivity index (χ1v) is 9.56. The molecule has 0 bridgehead atoms. The summed E-state index contributed by atoms with van der Waals surface area (Å²) in [4.78, 5) is 10.8. The number of alkyl halides is 1. The van der Waals surface area contributed by atoms with E-state index in [4.69, 9.17) is 10.7 Å². The first-order valence-electron chi connectivity index (χ1n) is 8.76. The molecule has 2 aliphatic rings. The van der Waals surface area contributed by atoms with E-state index >= 15 is 0 Å². The lowest BCUT2D eigenvalue weighted by molar-refractivity contribution is 0.166. The summed E-state index contributed by atoms with van der Waals surface area (Å²) >= 11 is 3.23. The van der Waals surface area contributed by atoms with E-state index in [2.05, 4.69) is 20.9 Å². The molecule has 5 nitrogen and oxygen atoms in total. The number of fused-ring (bicyclic) bond motifs is 1. The van der Waals surface area contributed by atoms with E-state index in [1.54, 1.807) is 42.2 Å². The lowest BCUT2D eigenvalue weighted by atomic mass is 9.81. The average molecular weight is 449 g/mol. The standard InChI is InChI=1S/C20H19BrF2N4O/c1-11-7-12(4-6-16(11)28)20(13-3-5-15(22)14(21)8-13)17-25-9-19(2,23)10-27(17)18(24)26-20/h3-8,28H,9-10H2,1-2H3,(H2,24,26). The molecule has 0 radical (unpaired) electrons. The van der Waals surface area contributed by atoms with Crippen molar-refractivity contribution < 1.29 is 13.9 Å². The van der Waals surface area contributed by atoms with E-state index in [0.29, 0.717) is 22.5 Å². The van der Waals surface area contributed by atoms with Crippen molar-refractivity contribution in [2.45, 2.75) is 25.1 Å². The fraction of sp³-hybridized carbons (Fsp3) is 0.300. The maximum Gasteiger partial charge on any atom is 0.198 e. The number of guanidine groups is 1. The van der Waals surface area contributed by atoms with Crippen LogP contribution in [0, 0.1) is 12.7 Å². The number of hydrogen-bond donors (Lipinski definition) is 2. The molecule has 8 heteroatoms. The average Bonchev–Trinajstić information content (AvgIpc) is 2.91. The molecule has 2 aliphatic heterocycles. The van der Waals surface area contributed by atoms with Gasteiger partial charge in [-0.05, 0) is 70.7 Å². The van der Waals surface area contributed by atoms with Gasteiger partial charge >= 0.3 is 0 Å². The second kappa shape index (κ2) is 6.27. The monoisotopic (exact) mass is 448 g/mol. The summed E-state index contributed by atoms with van der Waals surface area (Å²) < 4.78 is 28.8. The van der Waals surface area contributed by atoms with Gasteiger partial charge in [-0.2, -0.15) is 0 Å². The molecular formula is C20H19BrF2N4O. The summed E-state index contributed by atoms with van der Waals surface area (Å²) in [5, 5.41) is 9.97. The van der Waals surface area contributed by atoms with Crippen molar-refractivity contribution >= 4 is 27.7 Å². The van der Waals surface area contributed by atoms with Gasteiger partial charge in [0.15, 0.2) is 11.5 Å². The molecule has 2 aromatic rings. The number of rotatable bonds is 2. The van der Waals surface area contributed by atoms with Crippen molar-refractivity contribution in [1.82, 2.24) is 4.90 Å². The van der Waals surface area contributed by atoms with Crippen molar-refractivity contribution in [3.63, 3.8) is 0 Å². The maximum absolute atomic E-state index is 14.6. The summed E-state index contributed by atoms with van der Waals surface area (Å²) in [6, 6.07) is 9.68. The molecule has 0 aliphatic carbocycles. The highest BCUT2D eigenvalue weighted by Crippen LogP contribution is 2.44. The minimum absolute atomic E-state index is 0.0250. The second-order valence-corrected chi connectivity index (χ2v) is 8.30. The van der Waals surface area contributed by atoms with Gasteiger partial charge in [-0.1, -0.05) is 12.1 Å². The van der Waals surface area contributed by atoms with Crippen LogP contribution < -0.4 is 5.73 Å². The van der Waals surface area contributed by atoms with Gasteiger partial charge < -0.3 is 10.8 Å². The first-order chi connectivity index (χ1) is 13.1. The fourth-order valence-electron chi connectivity index (χ4n) is 3.72.